The highest BCUT2D eigenvalue weighted by Crippen LogP contribution is 2.40. The van der Waals surface area contributed by atoms with Crippen molar-refractivity contribution in [3.8, 4) is 0 Å². The summed E-state index contributed by atoms with van der Waals surface area (Å²) in [6.45, 7) is -0.171. The van der Waals surface area contributed by atoms with Crippen molar-refractivity contribution in [2.45, 2.75) is 50.4 Å². The zero-order valence-electron chi connectivity index (χ0n) is 16.2. The van der Waals surface area contributed by atoms with Gasteiger partial charge < -0.3 is 9.64 Å². The van der Waals surface area contributed by atoms with E-state index in [9.17, 15) is 27.2 Å². The van der Waals surface area contributed by atoms with Crippen LogP contribution in [0.1, 0.15) is 42.5 Å². The number of anilines is 1. The quantitative estimate of drug-likeness (QED) is 0.101. The molecule has 0 N–H and O–H groups in total. The molecule has 0 aromatic heterocycles. The standard InChI is InChI=1S/C19H19ClF4N4O3/c20-14-7-16-12(6-15(14)21)17(29)13(9-28(16)11-3-4-11)18(30)31-5-1-2-10(26-27-25)8-19(22,23)24/h6-7,10-11,13H,1-5,8-9H2. The molecule has 1 aromatic carbocycles. The van der Waals surface area contributed by atoms with E-state index in [1.807, 2.05) is 4.90 Å². The lowest BCUT2D eigenvalue weighted by Gasteiger charge is -2.34. The third kappa shape index (κ3) is 5.80. The topological polar surface area (TPSA) is 95.4 Å². The summed E-state index contributed by atoms with van der Waals surface area (Å²) in [7, 11) is 0. The van der Waals surface area contributed by atoms with E-state index in [0.29, 0.717) is 5.69 Å². The van der Waals surface area contributed by atoms with Crippen LogP contribution in [0.15, 0.2) is 17.2 Å². The zero-order chi connectivity index (χ0) is 22.8. The first-order valence-corrected chi connectivity index (χ1v) is 10.1. The van der Waals surface area contributed by atoms with Gasteiger partial charge in [0.1, 0.15) is 11.7 Å². The Labute approximate surface area is 179 Å². The molecule has 168 valence electrons. The molecule has 2 unspecified atom stereocenters. The molecule has 7 nitrogen and oxygen atoms in total. The van der Waals surface area contributed by atoms with Gasteiger partial charge in [-0.3, -0.25) is 9.59 Å². The summed E-state index contributed by atoms with van der Waals surface area (Å²) in [5.74, 6) is -3.35. The van der Waals surface area contributed by atoms with Gasteiger partial charge in [0.25, 0.3) is 0 Å². The average molecular weight is 463 g/mol. The SMILES string of the molecule is [N-]=[N+]=NC(CCCOC(=O)C1CN(C2CC2)c2cc(Cl)c(F)cc2C1=O)CC(F)(F)F. The zero-order valence-corrected chi connectivity index (χ0v) is 17.0. The highest BCUT2D eigenvalue weighted by Gasteiger charge is 2.43. The van der Waals surface area contributed by atoms with Gasteiger partial charge in [-0.2, -0.15) is 13.2 Å². The van der Waals surface area contributed by atoms with Gasteiger partial charge in [0.2, 0.25) is 0 Å². The van der Waals surface area contributed by atoms with Crippen LogP contribution in [-0.2, 0) is 9.53 Å². The average Bonchev–Trinajstić information content (AvgIpc) is 3.51. The van der Waals surface area contributed by atoms with Gasteiger partial charge in [-0.25, -0.2) is 4.39 Å². The molecule has 1 heterocycles. The highest BCUT2D eigenvalue weighted by atomic mass is 35.5. The predicted molar refractivity (Wildman–Crippen MR) is 103 cm³/mol. The van der Waals surface area contributed by atoms with Crippen LogP contribution in [-0.4, -0.2) is 43.2 Å². The number of azide groups is 1. The Morgan fingerprint density at radius 2 is 2.10 bits per heavy atom. The van der Waals surface area contributed by atoms with Crippen LogP contribution in [0.25, 0.3) is 10.4 Å². The Balaban J connectivity index is 1.62. The van der Waals surface area contributed by atoms with Crippen molar-refractivity contribution in [1.29, 1.82) is 0 Å². The summed E-state index contributed by atoms with van der Waals surface area (Å²) in [5, 5.41) is 3.00. The molecule has 2 aliphatic rings. The van der Waals surface area contributed by atoms with E-state index in [-0.39, 0.29) is 42.6 Å². The Hall–Kier alpha value is -2.52. The van der Waals surface area contributed by atoms with Crippen molar-refractivity contribution in [1.82, 2.24) is 0 Å². The normalized spacial score (nSPS) is 19.5. The van der Waals surface area contributed by atoms with Gasteiger partial charge in [0.15, 0.2) is 5.78 Å². The maximum absolute atomic E-state index is 13.9. The number of carbonyl (C=O) groups is 2. The molecule has 0 radical (unpaired) electrons. The van der Waals surface area contributed by atoms with Crippen molar-refractivity contribution in [3.05, 3.63) is 39.0 Å². The monoisotopic (exact) mass is 462 g/mol. The lowest BCUT2D eigenvalue weighted by Crippen LogP contribution is -2.44. The van der Waals surface area contributed by atoms with Gasteiger partial charge in [-0.15, -0.1) is 0 Å². The fourth-order valence-corrected chi connectivity index (χ4v) is 3.74. The summed E-state index contributed by atoms with van der Waals surface area (Å²) < 4.78 is 56.5. The number of esters is 1. The van der Waals surface area contributed by atoms with Crippen LogP contribution in [0.2, 0.25) is 5.02 Å². The number of halogens is 5. The van der Waals surface area contributed by atoms with E-state index in [0.717, 1.165) is 18.9 Å². The molecule has 12 heteroatoms. The largest absolute Gasteiger partial charge is 0.465 e. The molecule has 1 aliphatic carbocycles. The number of ether oxygens (including phenoxy) is 1. The lowest BCUT2D eigenvalue weighted by atomic mass is 9.90. The molecule has 0 bridgehead atoms. The van der Waals surface area contributed by atoms with Crippen molar-refractivity contribution < 1.29 is 31.9 Å². The summed E-state index contributed by atoms with van der Waals surface area (Å²) in [6, 6.07) is 1.21. The predicted octanol–water partition coefficient (Wildman–Crippen LogP) is 5.22. The third-order valence-corrected chi connectivity index (χ3v) is 5.48. The highest BCUT2D eigenvalue weighted by molar-refractivity contribution is 6.31. The summed E-state index contributed by atoms with van der Waals surface area (Å²) in [4.78, 5) is 29.5. The van der Waals surface area contributed by atoms with Crippen LogP contribution < -0.4 is 4.90 Å². The van der Waals surface area contributed by atoms with Gasteiger partial charge >= 0.3 is 12.1 Å². The van der Waals surface area contributed by atoms with Gasteiger partial charge in [-0.1, -0.05) is 16.7 Å². The molecule has 2 atom stereocenters. The number of fused-ring (bicyclic) bond motifs is 1. The van der Waals surface area contributed by atoms with Crippen molar-refractivity contribution in [2.24, 2.45) is 11.0 Å². The number of nitrogens with zero attached hydrogens (tertiary/aromatic N) is 4. The summed E-state index contributed by atoms with van der Waals surface area (Å²) >= 11 is 5.85. The molecule has 1 aromatic rings. The third-order valence-electron chi connectivity index (χ3n) is 5.19. The number of hydrogen-bond acceptors (Lipinski definition) is 5. The second-order valence-corrected chi connectivity index (χ2v) is 7.98. The fourth-order valence-electron chi connectivity index (χ4n) is 3.58. The molecule has 1 fully saturated rings. The number of benzene rings is 1. The first-order chi connectivity index (χ1) is 14.6. The van der Waals surface area contributed by atoms with E-state index in [1.54, 1.807) is 0 Å². The van der Waals surface area contributed by atoms with Crippen LogP contribution in [0.5, 0.6) is 0 Å². The number of rotatable bonds is 8. The van der Waals surface area contributed by atoms with Gasteiger partial charge in [0.05, 0.1) is 18.1 Å². The first-order valence-electron chi connectivity index (χ1n) is 9.68. The number of carbonyl (C=O) groups excluding carboxylic acids is 2. The Morgan fingerprint density at radius 3 is 2.71 bits per heavy atom. The lowest BCUT2D eigenvalue weighted by molar-refractivity contribution is -0.147. The maximum atomic E-state index is 13.9. The first kappa shape index (κ1) is 23.1. The van der Waals surface area contributed by atoms with E-state index in [4.69, 9.17) is 21.9 Å². The number of Topliss-reactive ketones (excluding diaryl/α,β-unsaturated/α-hetero) is 1. The minimum absolute atomic E-state index is 0.0274. The van der Waals surface area contributed by atoms with Crippen LogP contribution in [0, 0.1) is 11.7 Å². The van der Waals surface area contributed by atoms with Crippen LogP contribution in [0.4, 0.5) is 23.2 Å². The Morgan fingerprint density at radius 1 is 1.39 bits per heavy atom. The van der Waals surface area contributed by atoms with Crippen molar-refractivity contribution >= 4 is 29.0 Å². The minimum Gasteiger partial charge on any atom is -0.465 e. The van der Waals surface area contributed by atoms with E-state index >= 15 is 0 Å². The second-order valence-electron chi connectivity index (χ2n) is 7.57. The van der Waals surface area contributed by atoms with Crippen LogP contribution in [0.3, 0.4) is 0 Å². The van der Waals surface area contributed by atoms with E-state index < -0.39 is 42.1 Å². The second kappa shape index (κ2) is 9.32. The summed E-state index contributed by atoms with van der Waals surface area (Å²) in [6.07, 6.45) is -4.13. The molecule has 1 aliphatic heterocycles. The van der Waals surface area contributed by atoms with E-state index in [2.05, 4.69) is 10.0 Å². The number of hydrogen-bond donors (Lipinski definition) is 0. The van der Waals surface area contributed by atoms with Crippen LogP contribution >= 0.6 is 11.6 Å². The molecular formula is C19H19ClF4N4O3. The summed E-state index contributed by atoms with van der Waals surface area (Å²) in [5.41, 5.74) is 8.93. The molecule has 0 amide bonds. The molecule has 1 saturated carbocycles. The number of ketones is 1. The maximum Gasteiger partial charge on any atom is 0.389 e. The molecular weight excluding hydrogens is 444 g/mol. The Bertz CT molecular complexity index is 916. The molecule has 3 rings (SSSR count). The smallest absolute Gasteiger partial charge is 0.389 e. The number of alkyl halides is 3. The molecule has 0 saturated heterocycles. The Kier molecular flexibility index (Phi) is 6.96. The molecule has 31 heavy (non-hydrogen) atoms. The minimum atomic E-state index is -4.48. The fraction of sp³-hybridized carbons (Fsp3) is 0.579. The van der Waals surface area contributed by atoms with Gasteiger partial charge in [-0.05, 0) is 43.3 Å². The molecule has 0 spiro atoms. The van der Waals surface area contributed by atoms with Gasteiger partial charge in [0, 0.05) is 34.8 Å². The van der Waals surface area contributed by atoms with Crippen molar-refractivity contribution in [3.63, 3.8) is 0 Å². The van der Waals surface area contributed by atoms with E-state index in [1.165, 1.54) is 6.07 Å². The van der Waals surface area contributed by atoms with Crippen molar-refractivity contribution in [2.75, 3.05) is 18.1 Å².